The third-order valence-electron chi connectivity index (χ3n) is 3.65. The molecule has 0 unspecified atom stereocenters. The topological polar surface area (TPSA) is 60.5 Å². The molecular weight excluding hydrogens is 399 g/mol. The fourth-order valence-corrected chi connectivity index (χ4v) is 2.81. The summed E-state index contributed by atoms with van der Waals surface area (Å²) in [5, 5.41) is 4.48. The number of hydrogen-bond donors (Lipinski definition) is 1. The summed E-state index contributed by atoms with van der Waals surface area (Å²) in [5.41, 5.74) is 0.790. The number of benzene rings is 2. The van der Waals surface area contributed by atoms with Gasteiger partial charge in [0.2, 0.25) is 0 Å². The van der Waals surface area contributed by atoms with Crippen LogP contribution in [-0.2, 0) is 4.79 Å². The molecule has 3 aromatic rings. The smallest absolute Gasteiger partial charge is 0.258 e. The fraction of sp³-hybridized carbons (Fsp3) is 0.143. The summed E-state index contributed by atoms with van der Waals surface area (Å²) in [7, 11) is 0. The van der Waals surface area contributed by atoms with Crippen molar-refractivity contribution in [3.8, 4) is 23.3 Å². The molecule has 7 heteroatoms. The van der Waals surface area contributed by atoms with Crippen molar-refractivity contribution in [3.63, 3.8) is 0 Å². The second-order valence-electron chi connectivity index (χ2n) is 5.61. The van der Waals surface area contributed by atoms with E-state index >= 15 is 0 Å². The van der Waals surface area contributed by atoms with Crippen molar-refractivity contribution < 1.29 is 14.3 Å². The first-order valence-electron chi connectivity index (χ1n) is 8.40. The van der Waals surface area contributed by atoms with Gasteiger partial charge in [-0.2, -0.15) is 0 Å². The highest BCUT2D eigenvalue weighted by Crippen LogP contribution is 2.27. The highest BCUT2D eigenvalue weighted by atomic mass is 35.5. The van der Waals surface area contributed by atoms with E-state index in [1.54, 1.807) is 24.4 Å². The second-order valence-corrected chi connectivity index (χ2v) is 6.46. The lowest BCUT2D eigenvalue weighted by atomic mass is 10.2. The number of nitrogens with zero attached hydrogens (tertiary/aromatic N) is 1. The zero-order valence-electron chi connectivity index (χ0n) is 14.7. The Morgan fingerprint density at radius 3 is 2.75 bits per heavy atom. The number of fused-ring (bicyclic) bond motifs is 1. The van der Waals surface area contributed by atoms with Gasteiger partial charge in [0.15, 0.2) is 6.61 Å². The molecule has 1 aromatic heterocycles. The Hall–Kier alpha value is -2.94. The lowest BCUT2D eigenvalue weighted by Gasteiger charge is -2.07. The van der Waals surface area contributed by atoms with E-state index in [-0.39, 0.29) is 25.7 Å². The molecule has 0 spiro atoms. The van der Waals surface area contributed by atoms with Crippen molar-refractivity contribution >= 4 is 40.0 Å². The fourth-order valence-electron chi connectivity index (χ4n) is 2.35. The molecule has 28 heavy (non-hydrogen) atoms. The molecule has 5 nitrogen and oxygen atoms in total. The molecule has 0 atom stereocenters. The Kier molecular flexibility index (Phi) is 6.96. The third-order valence-corrected chi connectivity index (χ3v) is 4.18. The first-order valence-corrected chi connectivity index (χ1v) is 9.16. The number of hydrogen-bond acceptors (Lipinski definition) is 4. The first kappa shape index (κ1) is 19.8. The zero-order valence-corrected chi connectivity index (χ0v) is 16.3. The van der Waals surface area contributed by atoms with Crippen LogP contribution in [0.15, 0.2) is 54.7 Å². The second kappa shape index (κ2) is 9.84. The minimum atomic E-state index is -0.306. The van der Waals surface area contributed by atoms with Gasteiger partial charge in [0.05, 0.1) is 11.6 Å². The Labute approximate surface area is 172 Å². The molecular formula is C21H16Cl2N2O3. The van der Waals surface area contributed by atoms with E-state index in [9.17, 15) is 4.79 Å². The summed E-state index contributed by atoms with van der Waals surface area (Å²) in [6.07, 6.45) is 1.72. The van der Waals surface area contributed by atoms with E-state index < -0.39 is 0 Å². The summed E-state index contributed by atoms with van der Waals surface area (Å²) in [6, 6.07) is 14.4. The van der Waals surface area contributed by atoms with Crippen molar-refractivity contribution in [2.24, 2.45) is 0 Å². The van der Waals surface area contributed by atoms with Gasteiger partial charge in [-0.3, -0.25) is 9.78 Å². The molecule has 142 valence electrons. The number of carbonyl (C=O) groups excluding carboxylic acids is 1. The largest absolute Gasteiger partial charge is 0.482 e. The molecule has 0 saturated heterocycles. The van der Waals surface area contributed by atoms with Gasteiger partial charge in [0.25, 0.3) is 5.91 Å². The summed E-state index contributed by atoms with van der Waals surface area (Å²) < 4.78 is 11.0. The highest BCUT2D eigenvalue weighted by Gasteiger charge is 2.05. The molecule has 0 fully saturated rings. The lowest BCUT2D eigenvalue weighted by Crippen LogP contribution is -2.29. The molecule has 0 bridgehead atoms. The van der Waals surface area contributed by atoms with Gasteiger partial charge >= 0.3 is 0 Å². The number of amides is 1. The van der Waals surface area contributed by atoms with Crippen LogP contribution in [0.1, 0.15) is 0 Å². The van der Waals surface area contributed by atoms with Crippen molar-refractivity contribution in [1.29, 1.82) is 0 Å². The zero-order chi connectivity index (χ0) is 19.8. The number of aromatic nitrogens is 1. The molecule has 0 aliphatic heterocycles. The standard InChI is InChI=1S/C21H16Cl2N2O3/c22-16-8-9-18(17(23)13-16)28-14-20(26)24-10-1-2-12-27-19-7-3-5-15-6-4-11-25-21(15)19/h3-9,11,13H,10,12,14H2,(H,24,26). The Morgan fingerprint density at radius 1 is 1.04 bits per heavy atom. The molecule has 1 N–H and O–H groups in total. The summed E-state index contributed by atoms with van der Waals surface area (Å²) in [4.78, 5) is 16.1. The van der Waals surface area contributed by atoms with Crippen LogP contribution in [0.25, 0.3) is 10.9 Å². The molecule has 0 aliphatic rings. The quantitative estimate of drug-likeness (QED) is 0.616. The maximum absolute atomic E-state index is 11.8. The Balaban J connectivity index is 1.40. The van der Waals surface area contributed by atoms with E-state index in [4.69, 9.17) is 32.7 Å². The molecule has 1 heterocycles. The molecule has 0 saturated carbocycles. The van der Waals surface area contributed by atoms with Gasteiger partial charge in [-0.05, 0) is 30.3 Å². The average molecular weight is 415 g/mol. The van der Waals surface area contributed by atoms with Crippen LogP contribution in [0.5, 0.6) is 11.5 Å². The summed E-state index contributed by atoms with van der Waals surface area (Å²) in [5.74, 6) is 6.43. The van der Waals surface area contributed by atoms with Gasteiger partial charge in [-0.15, -0.1) is 0 Å². The van der Waals surface area contributed by atoms with Crippen LogP contribution >= 0.6 is 23.2 Å². The van der Waals surface area contributed by atoms with E-state index in [0.29, 0.717) is 21.5 Å². The van der Waals surface area contributed by atoms with Gasteiger partial charge in [-0.1, -0.05) is 53.2 Å². The Morgan fingerprint density at radius 2 is 1.89 bits per heavy atom. The highest BCUT2D eigenvalue weighted by molar-refractivity contribution is 6.35. The van der Waals surface area contributed by atoms with E-state index in [2.05, 4.69) is 22.1 Å². The monoisotopic (exact) mass is 414 g/mol. The number of ether oxygens (including phenoxy) is 2. The number of nitrogens with one attached hydrogen (secondary N) is 1. The van der Waals surface area contributed by atoms with Crippen molar-refractivity contribution in [2.75, 3.05) is 19.8 Å². The predicted molar refractivity (Wildman–Crippen MR) is 110 cm³/mol. The minimum Gasteiger partial charge on any atom is -0.482 e. The predicted octanol–water partition coefficient (Wildman–Crippen LogP) is 4.12. The average Bonchev–Trinajstić information content (AvgIpc) is 2.70. The molecule has 1 amide bonds. The maximum atomic E-state index is 11.8. The van der Waals surface area contributed by atoms with Crippen LogP contribution in [0.3, 0.4) is 0 Å². The number of pyridine rings is 1. The van der Waals surface area contributed by atoms with Gasteiger partial charge in [0, 0.05) is 16.6 Å². The van der Waals surface area contributed by atoms with Crippen LogP contribution in [0.2, 0.25) is 10.0 Å². The van der Waals surface area contributed by atoms with Crippen molar-refractivity contribution in [1.82, 2.24) is 10.3 Å². The molecule has 0 radical (unpaired) electrons. The third kappa shape index (κ3) is 5.53. The van der Waals surface area contributed by atoms with Gasteiger partial charge < -0.3 is 14.8 Å². The van der Waals surface area contributed by atoms with Crippen LogP contribution in [0.4, 0.5) is 0 Å². The number of para-hydroxylation sites is 1. The number of rotatable bonds is 6. The number of halogens is 2. The van der Waals surface area contributed by atoms with Gasteiger partial charge in [-0.25, -0.2) is 0 Å². The normalized spacial score (nSPS) is 10.1. The van der Waals surface area contributed by atoms with E-state index in [1.807, 2.05) is 30.3 Å². The number of carbonyl (C=O) groups is 1. The SMILES string of the molecule is O=C(COc1ccc(Cl)cc1Cl)NCC#CCOc1cccc2cccnc12. The minimum absolute atomic E-state index is 0.165. The maximum Gasteiger partial charge on any atom is 0.258 e. The van der Waals surface area contributed by atoms with E-state index in [1.165, 1.54) is 0 Å². The van der Waals surface area contributed by atoms with Gasteiger partial charge in [0.1, 0.15) is 23.6 Å². The van der Waals surface area contributed by atoms with E-state index in [0.717, 1.165) is 10.9 Å². The van der Waals surface area contributed by atoms with Crippen molar-refractivity contribution in [2.45, 2.75) is 0 Å². The Bertz CT molecular complexity index is 1040. The summed E-state index contributed by atoms with van der Waals surface area (Å²) in [6.45, 7) is 0.220. The van der Waals surface area contributed by atoms with Crippen LogP contribution < -0.4 is 14.8 Å². The van der Waals surface area contributed by atoms with Crippen LogP contribution in [0, 0.1) is 11.8 Å². The first-order chi connectivity index (χ1) is 13.6. The molecule has 3 rings (SSSR count). The molecule has 2 aromatic carbocycles. The lowest BCUT2D eigenvalue weighted by molar-refractivity contribution is -0.122. The molecule has 0 aliphatic carbocycles. The van der Waals surface area contributed by atoms with Crippen LogP contribution in [-0.4, -0.2) is 30.6 Å². The summed E-state index contributed by atoms with van der Waals surface area (Å²) >= 11 is 11.8. The van der Waals surface area contributed by atoms with Crippen molar-refractivity contribution in [3.05, 3.63) is 64.8 Å².